The molecule has 0 aliphatic rings. The Kier molecular flexibility index (Phi) is 9.82. The van der Waals surface area contributed by atoms with E-state index >= 15 is 0 Å². The third-order valence-corrected chi connectivity index (χ3v) is 1.52. The molecule has 0 aliphatic heterocycles. The van der Waals surface area contributed by atoms with Crippen LogP contribution in [0.2, 0.25) is 0 Å². The van der Waals surface area contributed by atoms with Gasteiger partial charge >= 0.3 is 61.8 Å². The van der Waals surface area contributed by atoms with Gasteiger partial charge in [-0.2, -0.15) is 8.42 Å². The Bertz CT molecular complexity index is 242. The van der Waals surface area contributed by atoms with Crippen LogP contribution in [-0.2, 0) is 24.4 Å². The van der Waals surface area contributed by atoms with Gasteiger partial charge in [0.25, 0.3) is 0 Å². The molecular formula is H4KNO7S2. The van der Waals surface area contributed by atoms with Crippen LogP contribution in [0.15, 0.2) is 0 Å². The monoisotopic (exact) mass is 233 g/mol. The van der Waals surface area contributed by atoms with E-state index in [9.17, 15) is 21.4 Å². The van der Waals surface area contributed by atoms with Crippen molar-refractivity contribution >= 4 is 20.8 Å². The van der Waals surface area contributed by atoms with Crippen molar-refractivity contribution in [3.8, 4) is 0 Å². The number of hydrogen-bond acceptors (Lipinski definition) is 7. The maximum atomic E-state index is 9.40. The average molecular weight is 233 g/mol. The van der Waals surface area contributed by atoms with Gasteiger partial charge in [0, 0.05) is 0 Å². The van der Waals surface area contributed by atoms with Crippen LogP contribution < -0.4 is 57.5 Å². The summed E-state index contributed by atoms with van der Waals surface area (Å²) < 4.78 is 56.9. The number of hydrogen-bond donors (Lipinski definition) is 2. The van der Waals surface area contributed by atoms with E-state index in [1.54, 1.807) is 0 Å². The minimum Gasteiger partial charge on any atom is -0.725 e. The first-order valence-corrected chi connectivity index (χ1v) is 4.05. The van der Waals surface area contributed by atoms with E-state index < -0.39 is 20.8 Å². The fourth-order valence-electron chi connectivity index (χ4n) is 0.105. The predicted octanol–water partition coefficient (Wildman–Crippen LogP) is -4.57. The first-order chi connectivity index (χ1) is 3.71. The molecule has 0 unspecified atom stereocenters. The van der Waals surface area contributed by atoms with Gasteiger partial charge in [-0.3, -0.25) is 4.55 Å². The molecule has 0 radical (unpaired) electrons. The van der Waals surface area contributed by atoms with Gasteiger partial charge in [-0.25, -0.2) is 8.42 Å². The molecule has 0 amide bonds. The molecule has 11 heteroatoms. The molecule has 0 spiro atoms. The third-order valence-electron chi connectivity index (χ3n) is 0.169. The largest absolute Gasteiger partial charge is 1.00 e. The van der Waals surface area contributed by atoms with E-state index in [1.807, 2.05) is 0 Å². The van der Waals surface area contributed by atoms with E-state index in [-0.39, 0.29) is 57.5 Å². The maximum Gasteiger partial charge on any atom is 1.00 e. The van der Waals surface area contributed by atoms with Gasteiger partial charge in [-0.1, -0.05) is 0 Å². The first-order valence-electron chi connectivity index (χ1n) is 1.35. The van der Waals surface area contributed by atoms with Crippen LogP contribution in [0.5, 0.6) is 0 Å². The standard InChI is InChI=1S/K.H3N.H2O7S2/c;;1-8(2,3)7-9(4,5)6/h;1H3;(H,1,2,3)(H,4,5,6)/q+1;;/p-1. The molecule has 0 heterocycles. The van der Waals surface area contributed by atoms with Crippen molar-refractivity contribution < 1.29 is 81.0 Å². The molecule has 64 valence electrons. The minimum absolute atomic E-state index is 0. The summed E-state index contributed by atoms with van der Waals surface area (Å²) in [7, 11) is -10.6. The van der Waals surface area contributed by atoms with Crippen molar-refractivity contribution in [2.75, 3.05) is 0 Å². The van der Waals surface area contributed by atoms with E-state index in [4.69, 9.17) is 4.55 Å². The second kappa shape index (κ2) is 5.93. The predicted molar refractivity (Wildman–Crippen MR) is 27.4 cm³/mol. The summed E-state index contributed by atoms with van der Waals surface area (Å²) in [6.07, 6.45) is 0. The van der Waals surface area contributed by atoms with Crippen molar-refractivity contribution in [3.63, 3.8) is 0 Å². The smallest absolute Gasteiger partial charge is 0.725 e. The molecular weight excluding hydrogens is 229 g/mol. The molecule has 0 aromatic carbocycles. The molecule has 0 saturated carbocycles. The van der Waals surface area contributed by atoms with Crippen molar-refractivity contribution in [2.24, 2.45) is 0 Å². The Morgan fingerprint density at radius 2 is 1.45 bits per heavy atom. The summed E-state index contributed by atoms with van der Waals surface area (Å²) in [4.78, 5) is 0. The molecule has 4 N–H and O–H groups in total. The van der Waals surface area contributed by atoms with Gasteiger partial charge in [0.1, 0.15) is 0 Å². The van der Waals surface area contributed by atoms with Crippen LogP contribution in [-0.4, -0.2) is 25.9 Å². The van der Waals surface area contributed by atoms with Crippen LogP contribution in [0, 0.1) is 0 Å². The molecule has 0 aromatic rings. The van der Waals surface area contributed by atoms with Crippen LogP contribution >= 0.6 is 0 Å². The first kappa shape index (κ1) is 18.2. The van der Waals surface area contributed by atoms with Gasteiger partial charge < -0.3 is 10.7 Å². The van der Waals surface area contributed by atoms with Crippen molar-refractivity contribution in [1.29, 1.82) is 0 Å². The quantitative estimate of drug-likeness (QED) is 0.274. The average Bonchev–Trinajstić information content (AvgIpc) is 1.14. The van der Waals surface area contributed by atoms with Crippen LogP contribution in [0.25, 0.3) is 0 Å². The van der Waals surface area contributed by atoms with Gasteiger partial charge in [0.2, 0.25) is 10.4 Å². The minimum atomic E-state index is -5.37. The zero-order valence-electron chi connectivity index (χ0n) is 5.42. The van der Waals surface area contributed by atoms with Crippen LogP contribution in [0.3, 0.4) is 0 Å². The zero-order valence-corrected chi connectivity index (χ0v) is 10.2. The van der Waals surface area contributed by atoms with E-state index in [1.165, 1.54) is 0 Å². The summed E-state index contributed by atoms with van der Waals surface area (Å²) in [5.41, 5.74) is 0. The number of rotatable bonds is 2. The third kappa shape index (κ3) is 18.4. The SMILES string of the molecule is N.O=S(=O)([O-])OS(=O)(=O)O.[K+]. The van der Waals surface area contributed by atoms with Gasteiger partial charge in [-0.05, 0) is 0 Å². The molecule has 0 fully saturated rings. The Morgan fingerprint density at radius 1 is 1.18 bits per heavy atom. The Balaban J connectivity index is -0.000000320. The molecule has 11 heavy (non-hydrogen) atoms. The zero-order chi connectivity index (χ0) is 7.71. The molecule has 0 saturated heterocycles. The van der Waals surface area contributed by atoms with E-state index in [2.05, 4.69) is 3.63 Å². The summed E-state index contributed by atoms with van der Waals surface area (Å²) in [5.74, 6) is 0. The summed E-state index contributed by atoms with van der Waals surface area (Å²) in [5, 5.41) is 0. The van der Waals surface area contributed by atoms with Crippen LogP contribution in [0.4, 0.5) is 0 Å². The van der Waals surface area contributed by atoms with Crippen LogP contribution in [0.1, 0.15) is 0 Å². The van der Waals surface area contributed by atoms with E-state index in [0.717, 1.165) is 0 Å². The van der Waals surface area contributed by atoms with Crippen molar-refractivity contribution in [1.82, 2.24) is 6.15 Å². The van der Waals surface area contributed by atoms with E-state index in [0.29, 0.717) is 0 Å². The summed E-state index contributed by atoms with van der Waals surface area (Å²) in [6.45, 7) is 0. The fraction of sp³-hybridized carbons (Fsp3) is 0. The summed E-state index contributed by atoms with van der Waals surface area (Å²) in [6, 6.07) is 0. The van der Waals surface area contributed by atoms with Gasteiger partial charge in [0.15, 0.2) is 0 Å². The Morgan fingerprint density at radius 3 is 1.45 bits per heavy atom. The molecule has 0 bridgehead atoms. The molecule has 0 aromatic heterocycles. The molecule has 0 rings (SSSR count). The molecule has 8 nitrogen and oxygen atoms in total. The normalized spacial score (nSPS) is 11.1. The molecule has 0 aliphatic carbocycles. The second-order valence-electron chi connectivity index (χ2n) is 0.904. The van der Waals surface area contributed by atoms with Gasteiger partial charge in [-0.15, -0.1) is 3.63 Å². The van der Waals surface area contributed by atoms with Crippen molar-refractivity contribution in [3.05, 3.63) is 0 Å². The second-order valence-corrected chi connectivity index (χ2v) is 3.12. The molecule has 0 atom stereocenters. The van der Waals surface area contributed by atoms with Crippen molar-refractivity contribution in [2.45, 2.75) is 0 Å². The fourth-order valence-corrected chi connectivity index (χ4v) is 0.948. The topological polar surface area (TPSA) is 156 Å². The summed E-state index contributed by atoms with van der Waals surface area (Å²) >= 11 is 0. The van der Waals surface area contributed by atoms with Gasteiger partial charge in [0.05, 0.1) is 0 Å². The Hall–Kier alpha value is 1.38. The maximum absolute atomic E-state index is 9.40. The Labute approximate surface area is 106 Å².